The van der Waals surface area contributed by atoms with Crippen LogP contribution >= 0.6 is 0 Å². The third-order valence-electron chi connectivity index (χ3n) is 5.08. The van der Waals surface area contributed by atoms with Crippen LogP contribution in [0.15, 0.2) is 42.6 Å². The lowest BCUT2D eigenvalue weighted by atomic mass is 10.0. The molecular formula is C20H23N5O2. The van der Waals surface area contributed by atoms with Gasteiger partial charge in [-0.15, -0.1) is 0 Å². The molecule has 3 aromatic rings. The predicted octanol–water partition coefficient (Wildman–Crippen LogP) is 2.03. The topological polar surface area (TPSA) is 86.3 Å². The summed E-state index contributed by atoms with van der Waals surface area (Å²) in [6.45, 7) is 2.53. The second-order valence-electron chi connectivity index (χ2n) is 6.74. The van der Waals surface area contributed by atoms with Gasteiger partial charge in [0.15, 0.2) is 5.65 Å². The molecule has 3 heterocycles. The summed E-state index contributed by atoms with van der Waals surface area (Å²) in [5.41, 5.74) is 8.26. The van der Waals surface area contributed by atoms with Gasteiger partial charge in [-0.3, -0.25) is 4.79 Å². The zero-order valence-electron chi connectivity index (χ0n) is 15.3. The molecule has 1 aliphatic rings. The van der Waals surface area contributed by atoms with Crippen molar-refractivity contribution in [2.45, 2.75) is 18.9 Å². The summed E-state index contributed by atoms with van der Waals surface area (Å²) >= 11 is 0. The van der Waals surface area contributed by atoms with Crippen LogP contribution in [0.1, 0.15) is 28.4 Å². The molecule has 0 saturated carbocycles. The average Bonchev–Trinajstić information content (AvgIpc) is 3.33. The number of methoxy groups -OCH3 is 1. The van der Waals surface area contributed by atoms with Crippen molar-refractivity contribution < 1.29 is 9.53 Å². The van der Waals surface area contributed by atoms with Crippen molar-refractivity contribution >= 4 is 16.9 Å². The molecule has 2 aromatic heterocycles. The minimum Gasteiger partial charge on any atom is -0.497 e. The Labute approximate surface area is 157 Å². The first kappa shape index (κ1) is 17.5. The van der Waals surface area contributed by atoms with E-state index in [4.69, 9.17) is 15.6 Å². The molecule has 27 heavy (non-hydrogen) atoms. The first-order valence-electron chi connectivity index (χ1n) is 9.16. The van der Waals surface area contributed by atoms with E-state index in [9.17, 15) is 4.79 Å². The van der Waals surface area contributed by atoms with E-state index >= 15 is 0 Å². The number of benzene rings is 1. The van der Waals surface area contributed by atoms with Crippen LogP contribution in [0.5, 0.6) is 5.75 Å². The van der Waals surface area contributed by atoms with Crippen molar-refractivity contribution in [3.63, 3.8) is 0 Å². The van der Waals surface area contributed by atoms with Crippen LogP contribution in [0.4, 0.5) is 0 Å². The van der Waals surface area contributed by atoms with Gasteiger partial charge >= 0.3 is 0 Å². The summed E-state index contributed by atoms with van der Waals surface area (Å²) < 4.78 is 7.04. The smallest absolute Gasteiger partial charge is 0.253 e. The maximum atomic E-state index is 12.8. The summed E-state index contributed by atoms with van der Waals surface area (Å²) in [6.07, 6.45) is 2.67. The van der Waals surface area contributed by atoms with Gasteiger partial charge in [-0.1, -0.05) is 0 Å². The number of carbonyl (C=O) groups is 1. The van der Waals surface area contributed by atoms with Crippen molar-refractivity contribution in [1.29, 1.82) is 0 Å². The van der Waals surface area contributed by atoms with Crippen LogP contribution in [0.25, 0.3) is 11.0 Å². The Kier molecular flexibility index (Phi) is 4.77. The summed E-state index contributed by atoms with van der Waals surface area (Å²) in [5, 5.41) is 5.82. The van der Waals surface area contributed by atoms with E-state index in [-0.39, 0.29) is 11.8 Å². The predicted molar refractivity (Wildman–Crippen MR) is 103 cm³/mol. The van der Waals surface area contributed by atoms with Crippen LogP contribution in [0.2, 0.25) is 0 Å². The summed E-state index contributed by atoms with van der Waals surface area (Å²) in [4.78, 5) is 19.2. The van der Waals surface area contributed by atoms with E-state index in [1.807, 2.05) is 46.0 Å². The molecule has 2 N–H and O–H groups in total. The molecule has 1 aromatic carbocycles. The molecular weight excluding hydrogens is 342 g/mol. The number of fused-ring (bicyclic) bond motifs is 1. The van der Waals surface area contributed by atoms with Gasteiger partial charge in [-0.2, -0.15) is 5.10 Å². The van der Waals surface area contributed by atoms with Crippen LogP contribution in [-0.4, -0.2) is 52.3 Å². The molecule has 7 heteroatoms. The molecule has 0 spiro atoms. The Hall–Kier alpha value is -2.93. The number of likely N-dealkylation sites (tertiary alicyclic amines) is 1. The number of ether oxygens (including phenoxy) is 1. The zero-order valence-corrected chi connectivity index (χ0v) is 15.3. The Morgan fingerprint density at radius 3 is 2.85 bits per heavy atom. The van der Waals surface area contributed by atoms with Crippen LogP contribution in [0.3, 0.4) is 0 Å². The lowest BCUT2D eigenvalue weighted by molar-refractivity contribution is 0.0790. The van der Waals surface area contributed by atoms with Crippen LogP contribution in [-0.2, 0) is 6.54 Å². The summed E-state index contributed by atoms with van der Waals surface area (Å²) in [5.74, 6) is 0.997. The fourth-order valence-corrected chi connectivity index (χ4v) is 3.70. The molecule has 1 fully saturated rings. The highest BCUT2D eigenvalue weighted by atomic mass is 16.5. The van der Waals surface area contributed by atoms with E-state index in [1.165, 1.54) is 0 Å². The minimum atomic E-state index is 0.0453. The van der Waals surface area contributed by atoms with Crippen molar-refractivity contribution in [2.24, 2.45) is 5.73 Å². The van der Waals surface area contributed by atoms with Crippen molar-refractivity contribution in [3.8, 4) is 5.75 Å². The number of hydrogen-bond donors (Lipinski definition) is 1. The highest BCUT2D eigenvalue weighted by Crippen LogP contribution is 2.32. The number of pyridine rings is 1. The Balaban J connectivity index is 1.55. The Bertz CT molecular complexity index is 951. The van der Waals surface area contributed by atoms with Gasteiger partial charge < -0.3 is 15.4 Å². The van der Waals surface area contributed by atoms with Crippen LogP contribution in [0, 0.1) is 0 Å². The fourth-order valence-electron chi connectivity index (χ4n) is 3.70. The highest BCUT2D eigenvalue weighted by molar-refractivity contribution is 5.94. The summed E-state index contributed by atoms with van der Waals surface area (Å²) in [7, 11) is 1.62. The maximum Gasteiger partial charge on any atom is 0.253 e. The number of nitrogens with two attached hydrogens (primary N) is 1. The molecule has 4 rings (SSSR count). The van der Waals surface area contributed by atoms with Gasteiger partial charge in [0.05, 0.1) is 19.3 Å². The van der Waals surface area contributed by atoms with E-state index in [0.29, 0.717) is 25.2 Å². The third-order valence-corrected chi connectivity index (χ3v) is 5.08. The number of hydrogen-bond acceptors (Lipinski definition) is 5. The number of amides is 1. The van der Waals surface area contributed by atoms with Gasteiger partial charge in [0, 0.05) is 42.7 Å². The zero-order chi connectivity index (χ0) is 18.8. The third kappa shape index (κ3) is 3.26. The lowest BCUT2D eigenvalue weighted by Crippen LogP contribution is -2.28. The first-order valence-corrected chi connectivity index (χ1v) is 9.16. The monoisotopic (exact) mass is 365 g/mol. The van der Waals surface area contributed by atoms with Crippen molar-refractivity contribution in [1.82, 2.24) is 19.7 Å². The quantitative estimate of drug-likeness (QED) is 0.748. The standard InChI is InChI=1S/C20H23N5O2/c1-27-16-6-4-14(5-7-16)20(26)24-11-8-15(13-24)18-17-3-2-10-22-19(17)25(23-18)12-9-21/h2-7,10,15H,8-9,11-13,21H2,1H3/t15-/m0/s1. The van der Waals surface area contributed by atoms with Gasteiger partial charge in [0.2, 0.25) is 0 Å². The number of nitrogens with zero attached hydrogens (tertiary/aromatic N) is 4. The second-order valence-corrected chi connectivity index (χ2v) is 6.74. The van der Waals surface area contributed by atoms with Crippen molar-refractivity contribution in [3.05, 3.63) is 53.9 Å². The minimum absolute atomic E-state index is 0.0453. The number of carbonyl (C=O) groups excluding carboxylic acids is 1. The van der Waals surface area contributed by atoms with Gasteiger partial charge in [-0.25, -0.2) is 9.67 Å². The molecule has 1 aliphatic heterocycles. The molecule has 0 aliphatic carbocycles. The molecule has 0 bridgehead atoms. The second kappa shape index (κ2) is 7.36. The van der Waals surface area contributed by atoms with E-state index in [1.54, 1.807) is 13.3 Å². The molecule has 7 nitrogen and oxygen atoms in total. The molecule has 0 unspecified atom stereocenters. The fraction of sp³-hybridized carbons (Fsp3) is 0.350. The van der Waals surface area contributed by atoms with E-state index in [2.05, 4.69) is 4.98 Å². The molecule has 140 valence electrons. The SMILES string of the molecule is COc1ccc(C(=O)N2CC[C@H](c3nn(CCN)c4ncccc34)C2)cc1. The van der Waals surface area contributed by atoms with E-state index < -0.39 is 0 Å². The Morgan fingerprint density at radius 2 is 2.11 bits per heavy atom. The van der Waals surface area contributed by atoms with E-state index in [0.717, 1.165) is 35.4 Å². The first-order chi connectivity index (χ1) is 13.2. The van der Waals surface area contributed by atoms with Crippen LogP contribution < -0.4 is 10.5 Å². The molecule has 1 saturated heterocycles. The average molecular weight is 365 g/mol. The molecule has 1 amide bonds. The largest absolute Gasteiger partial charge is 0.497 e. The lowest BCUT2D eigenvalue weighted by Gasteiger charge is -2.16. The molecule has 0 radical (unpaired) electrons. The normalized spacial score (nSPS) is 16.8. The summed E-state index contributed by atoms with van der Waals surface area (Å²) in [6, 6.07) is 11.2. The van der Waals surface area contributed by atoms with Gasteiger partial charge in [0.1, 0.15) is 5.75 Å². The van der Waals surface area contributed by atoms with Crippen molar-refractivity contribution in [2.75, 3.05) is 26.7 Å². The molecule has 1 atom stereocenters. The number of rotatable bonds is 5. The highest BCUT2D eigenvalue weighted by Gasteiger charge is 2.31. The number of aromatic nitrogens is 3. The van der Waals surface area contributed by atoms with Gasteiger partial charge in [-0.05, 0) is 42.8 Å². The van der Waals surface area contributed by atoms with Gasteiger partial charge in [0.25, 0.3) is 5.91 Å². The maximum absolute atomic E-state index is 12.8. The Morgan fingerprint density at radius 1 is 1.30 bits per heavy atom.